The highest BCUT2D eigenvalue weighted by atomic mass is 79.9. The average molecular weight is 355 g/mol. The third kappa shape index (κ3) is 3.83. The first-order chi connectivity index (χ1) is 9.91. The third-order valence-corrected chi connectivity index (χ3v) is 4.03. The van der Waals surface area contributed by atoms with Crippen molar-refractivity contribution in [3.63, 3.8) is 0 Å². The lowest BCUT2D eigenvalue weighted by Crippen LogP contribution is -2.51. The molecule has 0 atom stereocenters. The van der Waals surface area contributed by atoms with Crippen LogP contribution in [0.15, 0.2) is 28.7 Å². The van der Waals surface area contributed by atoms with Gasteiger partial charge in [0.15, 0.2) is 0 Å². The van der Waals surface area contributed by atoms with Gasteiger partial charge in [0.05, 0.1) is 13.2 Å². The SMILES string of the molecule is CC(C)(C(=O)Nc1ccc(Br)cc1)C(=O)N1CCOCC1. The second-order valence-corrected chi connectivity index (χ2v) is 6.41. The number of carbonyl (C=O) groups excluding carboxylic acids is 2. The number of hydrogen-bond acceptors (Lipinski definition) is 3. The van der Waals surface area contributed by atoms with Crippen LogP contribution in [0.3, 0.4) is 0 Å². The van der Waals surface area contributed by atoms with E-state index in [9.17, 15) is 9.59 Å². The van der Waals surface area contributed by atoms with Crippen molar-refractivity contribution < 1.29 is 14.3 Å². The van der Waals surface area contributed by atoms with E-state index in [1.807, 2.05) is 12.1 Å². The minimum Gasteiger partial charge on any atom is -0.378 e. The van der Waals surface area contributed by atoms with Crippen LogP contribution in [0.25, 0.3) is 0 Å². The Morgan fingerprint density at radius 2 is 1.76 bits per heavy atom. The fraction of sp³-hybridized carbons (Fsp3) is 0.467. The molecule has 0 saturated carbocycles. The van der Waals surface area contributed by atoms with Gasteiger partial charge in [-0.1, -0.05) is 15.9 Å². The van der Waals surface area contributed by atoms with Gasteiger partial charge in [0.2, 0.25) is 11.8 Å². The average Bonchev–Trinajstić information content (AvgIpc) is 2.49. The molecule has 1 heterocycles. The summed E-state index contributed by atoms with van der Waals surface area (Å²) in [6.07, 6.45) is 0. The summed E-state index contributed by atoms with van der Waals surface area (Å²) in [6, 6.07) is 7.26. The van der Waals surface area contributed by atoms with Gasteiger partial charge < -0.3 is 15.0 Å². The Kier molecular flexibility index (Phi) is 5.00. The first-order valence-electron chi connectivity index (χ1n) is 6.85. The summed E-state index contributed by atoms with van der Waals surface area (Å²) in [4.78, 5) is 26.6. The quantitative estimate of drug-likeness (QED) is 0.847. The van der Waals surface area contributed by atoms with Gasteiger partial charge in [0.1, 0.15) is 5.41 Å². The zero-order valence-electron chi connectivity index (χ0n) is 12.2. The number of nitrogens with one attached hydrogen (secondary N) is 1. The van der Waals surface area contributed by atoms with Gasteiger partial charge in [-0.2, -0.15) is 0 Å². The summed E-state index contributed by atoms with van der Waals surface area (Å²) < 4.78 is 6.17. The number of morpholine rings is 1. The molecule has 21 heavy (non-hydrogen) atoms. The largest absolute Gasteiger partial charge is 0.378 e. The Labute approximate surface area is 132 Å². The maximum Gasteiger partial charge on any atom is 0.239 e. The molecule has 0 aromatic heterocycles. The smallest absolute Gasteiger partial charge is 0.239 e. The predicted octanol–water partition coefficient (Wildman–Crippen LogP) is 2.27. The van der Waals surface area contributed by atoms with Crippen molar-refractivity contribution in [3.8, 4) is 0 Å². The minimum atomic E-state index is -1.11. The molecule has 1 aliphatic heterocycles. The monoisotopic (exact) mass is 354 g/mol. The number of benzene rings is 1. The van der Waals surface area contributed by atoms with E-state index in [1.165, 1.54) is 0 Å². The fourth-order valence-electron chi connectivity index (χ4n) is 2.08. The number of amides is 2. The van der Waals surface area contributed by atoms with Crippen LogP contribution in [0.4, 0.5) is 5.69 Å². The molecule has 1 aliphatic rings. The zero-order valence-corrected chi connectivity index (χ0v) is 13.8. The molecule has 114 valence electrons. The fourth-order valence-corrected chi connectivity index (χ4v) is 2.34. The number of halogens is 1. The molecule has 2 rings (SSSR count). The predicted molar refractivity (Wildman–Crippen MR) is 84.0 cm³/mol. The standard InChI is InChI=1S/C15H19BrN2O3/c1-15(2,14(20)18-7-9-21-10-8-18)13(19)17-12-5-3-11(16)4-6-12/h3-6H,7-10H2,1-2H3,(H,17,19). The molecule has 0 spiro atoms. The molecular weight excluding hydrogens is 336 g/mol. The van der Waals surface area contributed by atoms with Gasteiger partial charge in [0.25, 0.3) is 0 Å². The number of nitrogens with zero attached hydrogens (tertiary/aromatic N) is 1. The molecule has 0 radical (unpaired) electrons. The van der Waals surface area contributed by atoms with Crippen LogP contribution in [0.2, 0.25) is 0 Å². The van der Waals surface area contributed by atoms with E-state index < -0.39 is 5.41 Å². The summed E-state index contributed by atoms with van der Waals surface area (Å²) in [6.45, 7) is 5.42. The summed E-state index contributed by atoms with van der Waals surface area (Å²) in [7, 11) is 0. The highest BCUT2D eigenvalue weighted by Gasteiger charge is 2.39. The summed E-state index contributed by atoms with van der Waals surface area (Å²) in [5.74, 6) is -0.471. The maximum absolute atomic E-state index is 12.5. The summed E-state index contributed by atoms with van der Waals surface area (Å²) in [5.41, 5.74) is -0.434. The van der Waals surface area contributed by atoms with Crippen LogP contribution in [-0.2, 0) is 14.3 Å². The van der Waals surface area contributed by atoms with E-state index in [2.05, 4.69) is 21.2 Å². The zero-order chi connectivity index (χ0) is 15.5. The second-order valence-electron chi connectivity index (χ2n) is 5.49. The lowest BCUT2D eigenvalue weighted by atomic mass is 9.90. The van der Waals surface area contributed by atoms with Crippen LogP contribution < -0.4 is 5.32 Å². The van der Waals surface area contributed by atoms with Crippen LogP contribution in [0.5, 0.6) is 0 Å². The molecule has 1 fully saturated rings. The molecule has 0 unspecified atom stereocenters. The minimum absolute atomic E-state index is 0.166. The highest BCUT2D eigenvalue weighted by Crippen LogP contribution is 2.23. The Bertz CT molecular complexity index is 522. The lowest BCUT2D eigenvalue weighted by Gasteiger charge is -2.33. The molecule has 1 N–H and O–H groups in total. The number of anilines is 1. The van der Waals surface area contributed by atoms with Crippen molar-refractivity contribution >= 4 is 33.4 Å². The van der Waals surface area contributed by atoms with Crippen molar-refractivity contribution in [2.45, 2.75) is 13.8 Å². The van der Waals surface area contributed by atoms with Crippen LogP contribution in [-0.4, -0.2) is 43.0 Å². The van der Waals surface area contributed by atoms with Crippen LogP contribution in [0, 0.1) is 5.41 Å². The number of hydrogen-bond donors (Lipinski definition) is 1. The van der Waals surface area contributed by atoms with Crippen molar-refractivity contribution in [3.05, 3.63) is 28.7 Å². The Hall–Kier alpha value is -1.40. The molecule has 0 aliphatic carbocycles. The second kappa shape index (κ2) is 6.58. The summed E-state index contributed by atoms with van der Waals surface area (Å²) in [5, 5.41) is 2.79. The van der Waals surface area contributed by atoms with Gasteiger partial charge in [-0.3, -0.25) is 9.59 Å². The van der Waals surface area contributed by atoms with E-state index in [0.717, 1.165) is 4.47 Å². The van der Waals surface area contributed by atoms with Crippen molar-refractivity contribution in [1.29, 1.82) is 0 Å². The molecule has 1 aromatic rings. The molecular formula is C15H19BrN2O3. The Morgan fingerprint density at radius 1 is 1.19 bits per heavy atom. The topological polar surface area (TPSA) is 58.6 Å². The van der Waals surface area contributed by atoms with Crippen molar-refractivity contribution in [1.82, 2.24) is 4.90 Å². The maximum atomic E-state index is 12.5. The van der Waals surface area contributed by atoms with E-state index in [-0.39, 0.29) is 11.8 Å². The lowest BCUT2D eigenvalue weighted by molar-refractivity contribution is -0.149. The summed E-state index contributed by atoms with van der Waals surface area (Å²) >= 11 is 3.34. The molecule has 5 nitrogen and oxygen atoms in total. The van der Waals surface area contributed by atoms with Crippen molar-refractivity contribution in [2.24, 2.45) is 5.41 Å². The molecule has 2 amide bonds. The first kappa shape index (κ1) is 16.0. The molecule has 1 aromatic carbocycles. The Morgan fingerprint density at radius 3 is 2.33 bits per heavy atom. The Balaban J connectivity index is 2.04. The van der Waals surface area contributed by atoms with E-state index in [0.29, 0.717) is 32.0 Å². The van der Waals surface area contributed by atoms with E-state index in [1.54, 1.807) is 30.9 Å². The van der Waals surface area contributed by atoms with Crippen molar-refractivity contribution in [2.75, 3.05) is 31.6 Å². The molecule has 0 bridgehead atoms. The highest BCUT2D eigenvalue weighted by molar-refractivity contribution is 9.10. The number of ether oxygens (including phenoxy) is 1. The first-order valence-corrected chi connectivity index (χ1v) is 7.65. The molecule has 1 saturated heterocycles. The normalized spacial score (nSPS) is 15.7. The van der Waals surface area contributed by atoms with Gasteiger partial charge in [-0.05, 0) is 38.1 Å². The molecule has 6 heteroatoms. The van der Waals surface area contributed by atoms with Gasteiger partial charge in [-0.25, -0.2) is 0 Å². The van der Waals surface area contributed by atoms with E-state index >= 15 is 0 Å². The third-order valence-electron chi connectivity index (χ3n) is 3.50. The van der Waals surface area contributed by atoms with Gasteiger partial charge in [-0.15, -0.1) is 0 Å². The number of carbonyl (C=O) groups is 2. The van der Waals surface area contributed by atoms with Gasteiger partial charge >= 0.3 is 0 Å². The number of rotatable bonds is 3. The van der Waals surface area contributed by atoms with Crippen LogP contribution in [0.1, 0.15) is 13.8 Å². The van der Waals surface area contributed by atoms with E-state index in [4.69, 9.17) is 4.74 Å². The van der Waals surface area contributed by atoms with Crippen LogP contribution >= 0.6 is 15.9 Å². The van der Waals surface area contributed by atoms with Gasteiger partial charge in [0, 0.05) is 23.2 Å².